The van der Waals surface area contributed by atoms with Gasteiger partial charge >= 0.3 is 0 Å². The minimum absolute atomic E-state index is 0.0701. The lowest BCUT2D eigenvalue weighted by molar-refractivity contribution is -0.125. The Bertz CT molecular complexity index is 688. The van der Waals surface area contributed by atoms with Gasteiger partial charge in [-0.15, -0.1) is 0 Å². The maximum atomic E-state index is 13.2. The van der Waals surface area contributed by atoms with Crippen molar-refractivity contribution in [1.82, 2.24) is 0 Å². The maximum Gasteiger partial charge on any atom is 0.235 e. The van der Waals surface area contributed by atoms with Crippen molar-refractivity contribution < 1.29 is 9.53 Å². The predicted molar refractivity (Wildman–Crippen MR) is 92.7 cm³/mol. The highest BCUT2D eigenvalue weighted by Gasteiger charge is 2.41. The molecule has 0 atom stereocenters. The van der Waals surface area contributed by atoms with Crippen LogP contribution in [0.1, 0.15) is 29.5 Å². The standard InChI is InChI=1S/C20H23NO2/c1-15-8-9-16(2)18(14-15)21-19(22)20(10-12-23-13-11-20)17-6-4-3-5-7-17/h3-9,14H,10-13H2,1-2H3,(H,21,22). The third-order valence-electron chi connectivity index (χ3n) is 4.75. The Labute approximate surface area is 137 Å². The first-order chi connectivity index (χ1) is 11.1. The average Bonchev–Trinajstić information content (AvgIpc) is 2.59. The van der Waals surface area contributed by atoms with E-state index in [4.69, 9.17) is 4.74 Å². The van der Waals surface area contributed by atoms with Crippen LogP contribution in [0.5, 0.6) is 0 Å². The summed E-state index contributed by atoms with van der Waals surface area (Å²) in [5, 5.41) is 3.17. The van der Waals surface area contributed by atoms with E-state index in [1.807, 2.05) is 56.3 Å². The van der Waals surface area contributed by atoms with Crippen LogP contribution in [-0.4, -0.2) is 19.1 Å². The number of aryl methyl sites for hydroxylation is 2. The molecule has 2 aromatic rings. The van der Waals surface area contributed by atoms with E-state index >= 15 is 0 Å². The summed E-state index contributed by atoms with van der Waals surface area (Å²) in [6.45, 7) is 5.30. The fourth-order valence-electron chi connectivity index (χ4n) is 3.24. The first-order valence-corrected chi connectivity index (χ1v) is 8.14. The van der Waals surface area contributed by atoms with Crippen LogP contribution in [0.3, 0.4) is 0 Å². The van der Waals surface area contributed by atoms with Crippen molar-refractivity contribution in [3.8, 4) is 0 Å². The zero-order chi connectivity index (χ0) is 16.3. The summed E-state index contributed by atoms with van der Waals surface area (Å²) < 4.78 is 5.51. The van der Waals surface area contributed by atoms with Crippen LogP contribution in [0, 0.1) is 13.8 Å². The summed E-state index contributed by atoms with van der Waals surface area (Å²) in [5.74, 6) is 0.0701. The molecule has 0 aliphatic carbocycles. The van der Waals surface area contributed by atoms with Crippen molar-refractivity contribution in [2.24, 2.45) is 0 Å². The highest BCUT2D eigenvalue weighted by molar-refractivity contribution is 5.99. The second-order valence-corrected chi connectivity index (χ2v) is 6.33. The van der Waals surface area contributed by atoms with Crippen LogP contribution in [-0.2, 0) is 14.9 Å². The molecule has 1 saturated heterocycles. The van der Waals surface area contributed by atoms with E-state index in [9.17, 15) is 4.79 Å². The summed E-state index contributed by atoms with van der Waals surface area (Å²) in [5.41, 5.74) is 3.70. The van der Waals surface area contributed by atoms with Gasteiger partial charge in [-0.3, -0.25) is 4.79 Å². The zero-order valence-electron chi connectivity index (χ0n) is 13.8. The summed E-state index contributed by atoms with van der Waals surface area (Å²) in [6.07, 6.45) is 1.43. The molecule has 1 aliphatic rings. The van der Waals surface area contributed by atoms with Gasteiger partial charge < -0.3 is 10.1 Å². The van der Waals surface area contributed by atoms with Gasteiger partial charge in [0.2, 0.25) is 5.91 Å². The fourth-order valence-corrected chi connectivity index (χ4v) is 3.24. The number of hydrogen-bond acceptors (Lipinski definition) is 2. The number of carbonyl (C=O) groups excluding carboxylic acids is 1. The van der Waals surface area contributed by atoms with Gasteiger partial charge in [0.25, 0.3) is 0 Å². The molecule has 1 heterocycles. The maximum absolute atomic E-state index is 13.2. The van der Waals surface area contributed by atoms with Crippen LogP contribution in [0.25, 0.3) is 0 Å². The molecule has 2 aromatic carbocycles. The molecule has 3 heteroatoms. The van der Waals surface area contributed by atoms with Crippen molar-refractivity contribution >= 4 is 11.6 Å². The van der Waals surface area contributed by atoms with Crippen LogP contribution >= 0.6 is 0 Å². The first-order valence-electron chi connectivity index (χ1n) is 8.14. The molecule has 3 rings (SSSR count). The van der Waals surface area contributed by atoms with Crippen LogP contribution in [0.15, 0.2) is 48.5 Å². The lowest BCUT2D eigenvalue weighted by atomic mass is 9.73. The van der Waals surface area contributed by atoms with Crippen molar-refractivity contribution in [2.75, 3.05) is 18.5 Å². The van der Waals surface area contributed by atoms with Gasteiger partial charge in [-0.2, -0.15) is 0 Å². The molecule has 23 heavy (non-hydrogen) atoms. The summed E-state index contributed by atoms with van der Waals surface area (Å²) >= 11 is 0. The Morgan fingerprint density at radius 2 is 1.74 bits per heavy atom. The van der Waals surface area contributed by atoms with Crippen molar-refractivity contribution in [3.63, 3.8) is 0 Å². The monoisotopic (exact) mass is 309 g/mol. The van der Waals surface area contributed by atoms with Crippen LogP contribution in [0.4, 0.5) is 5.69 Å². The zero-order valence-corrected chi connectivity index (χ0v) is 13.8. The second-order valence-electron chi connectivity index (χ2n) is 6.33. The Morgan fingerprint density at radius 3 is 2.43 bits per heavy atom. The molecule has 120 valence electrons. The van der Waals surface area contributed by atoms with Crippen LogP contribution in [0.2, 0.25) is 0 Å². The van der Waals surface area contributed by atoms with Gasteiger partial charge in [0.1, 0.15) is 0 Å². The largest absolute Gasteiger partial charge is 0.381 e. The number of nitrogens with one attached hydrogen (secondary N) is 1. The average molecular weight is 309 g/mol. The number of rotatable bonds is 3. The third-order valence-corrected chi connectivity index (χ3v) is 4.75. The van der Waals surface area contributed by atoms with E-state index in [1.54, 1.807) is 0 Å². The molecule has 0 unspecified atom stereocenters. The Balaban J connectivity index is 1.94. The normalized spacial score (nSPS) is 16.8. The van der Waals surface area contributed by atoms with E-state index in [0.717, 1.165) is 22.4 Å². The first kappa shape index (κ1) is 15.8. The van der Waals surface area contributed by atoms with E-state index in [2.05, 4.69) is 11.4 Å². The fraction of sp³-hybridized carbons (Fsp3) is 0.350. The van der Waals surface area contributed by atoms with Gasteiger partial charge in [0.15, 0.2) is 0 Å². The number of hydrogen-bond donors (Lipinski definition) is 1. The van der Waals surface area contributed by atoms with Crippen molar-refractivity contribution in [3.05, 3.63) is 65.2 Å². The molecular formula is C20H23NO2. The quantitative estimate of drug-likeness (QED) is 0.931. The SMILES string of the molecule is Cc1ccc(C)c(NC(=O)C2(c3ccccc3)CCOCC2)c1. The van der Waals surface area contributed by atoms with Gasteiger partial charge in [-0.05, 0) is 49.4 Å². The predicted octanol–water partition coefficient (Wildman–Crippen LogP) is 3.99. The minimum Gasteiger partial charge on any atom is -0.381 e. The van der Waals surface area contributed by atoms with Crippen molar-refractivity contribution in [2.45, 2.75) is 32.1 Å². The van der Waals surface area contributed by atoms with E-state index in [1.165, 1.54) is 0 Å². The Hall–Kier alpha value is -2.13. The van der Waals surface area contributed by atoms with Crippen molar-refractivity contribution in [1.29, 1.82) is 0 Å². The molecule has 1 N–H and O–H groups in total. The van der Waals surface area contributed by atoms with Gasteiger partial charge in [-0.1, -0.05) is 42.5 Å². The summed E-state index contributed by atoms with van der Waals surface area (Å²) in [6, 6.07) is 16.2. The van der Waals surface area contributed by atoms with Gasteiger partial charge in [0.05, 0.1) is 5.41 Å². The molecule has 0 radical (unpaired) electrons. The summed E-state index contributed by atoms with van der Waals surface area (Å²) in [7, 11) is 0. The topological polar surface area (TPSA) is 38.3 Å². The highest BCUT2D eigenvalue weighted by Crippen LogP contribution is 2.36. The number of ether oxygens (including phenoxy) is 1. The smallest absolute Gasteiger partial charge is 0.235 e. The van der Waals surface area contributed by atoms with Gasteiger partial charge in [-0.25, -0.2) is 0 Å². The van der Waals surface area contributed by atoms with Gasteiger partial charge in [0, 0.05) is 18.9 Å². The highest BCUT2D eigenvalue weighted by atomic mass is 16.5. The van der Waals surface area contributed by atoms with Crippen LogP contribution < -0.4 is 5.32 Å². The number of carbonyl (C=O) groups is 1. The molecule has 1 aliphatic heterocycles. The molecular weight excluding hydrogens is 286 g/mol. The number of benzene rings is 2. The molecule has 0 saturated carbocycles. The molecule has 0 bridgehead atoms. The number of anilines is 1. The Morgan fingerprint density at radius 1 is 1.04 bits per heavy atom. The molecule has 3 nitrogen and oxygen atoms in total. The molecule has 0 spiro atoms. The van der Waals surface area contributed by atoms with E-state index in [0.29, 0.717) is 26.1 Å². The lowest BCUT2D eigenvalue weighted by Gasteiger charge is -2.36. The molecule has 1 amide bonds. The number of amides is 1. The third kappa shape index (κ3) is 3.15. The Kier molecular flexibility index (Phi) is 4.49. The molecule has 1 fully saturated rings. The minimum atomic E-state index is -0.504. The summed E-state index contributed by atoms with van der Waals surface area (Å²) in [4.78, 5) is 13.2. The van der Waals surface area contributed by atoms with E-state index < -0.39 is 5.41 Å². The second kappa shape index (κ2) is 6.55. The molecule has 0 aromatic heterocycles. The lowest BCUT2D eigenvalue weighted by Crippen LogP contribution is -2.44. The van der Waals surface area contributed by atoms with E-state index in [-0.39, 0.29) is 5.91 Å².